The first-order valence-corrected chi connectivity index (χ1v) is 10.8. The van der Waals surface area contributed by atoms with Crippen molar-refractivity contribution in [3.05, 3.63) is 74.9 Å². The molecular weight excluding hydrogens is 404 g/mol. The second-order valence-electron chi connectivity index (χ2n) is 6.04. The maximum atomic E-state index is 12.8. The van der Waals surface area contributed by atoms with E-state index in [0.717, 1.165) is 11.1 Å². The average Bonchev–Trinajstić information content (AvgIpc) is 3.14. The molecule has 140 valence electrons. The number of thiophene rings is 1. The fraction of sp³-hybridized carbons (Fsp3) is 0.105. The van der Waals surface area contributed by atoms with Crippen LogP contribution in [0.25, 0.3) is 0 Å². The summed E-state index contributed by atoms with van der Waals surface area (Å²) < 4.78 is 28.2. The summed E-state index contributed by atoms with van der Waals surface area (Å²) in [6, 6.07) is 11.5. The van der Waals surface area contributed by atoms with E-state index in [1.807, 2.05) is 26.0 Å². The molecule has 0 atom stereocenters. The number of hydrogen-bond donors (Lipinski definition) is 2. The summed E-state index contributed by atoms with van der Waals surface area (Å²) in [4.78, 5) is 12.1. The lowest BCUT2D eigenvalue weighted by Gasteiger charge is -2.13. The molecule has 0 bridgehead atoms. The number of halogens is 1. The summed E-state index contributed by atoms with van der Waals surface area (Å²) in [5.41, 5.74) is 3.16. The first-order valence-electron chi connectivity index (χ1n) is 7.99. The van der Waals surface area contributed by atoms with E-state index in [1.165, 1.54) is 23.5 Å². The minimum Gasteiger partial charge on any atom is -0.322 e. The molecule has 0 aliphatic carbocycles. The number of rotatable bonds is 5. The number of sulfonamides is 1. The molecule has 27 heavy (non-hydrogen) atoms. The quantitative estimate of drug-likeness (QED) is 0.604. The standard InChI is InChI=1S/C19H17ClN2O3S2/c1-12-3-6-17(13(2)9-12)22-27(24,25)18-10-15(4-5-16(18)20)21-19(23)14-7-8-26-11-14/h3-11,22H,1-2H3,(H,21,23). The molecule has 1 amide bonds. The van der Waals surface area contributed by atoms with Gasteiger partial charge in [-0.3, -0.25) is 9.52 Å². The first-order chi connectivity index (χ1) is 12.8. The topological polar surface area (TPSA) is 75.3 Å². The number of nitrogens with one attached hydrogen (secondary N) is 2. The number of amides is 1. The van der Waals surface area contributed by atoms with E-state index < -0.39 is 10.0 Å². The van der Waals surface area contributed by atoms with Gasteiger partial charge in [0, 0.05) is 11.1 Å². The van der Waals surface area contributed by atoms with Crippen molar-refractivity contribution in [3.8, 4) is 0 Å². The molecule has 3 aromatic rings. The molecule has 0 fully saturated rings. The van der Waals surface area contributed by atoms with Gasteiger partial charge in [-0.1, -0.05) is 29.3 Å². The number of hydrogen-bond acceptors (Lipinski definition) is 4. The van der Waals surface area contributed by atoms with Crippen LogP contribution in [0.3, 0.4) is 0 Å². The lowest BCUT2D eigenvalue weighted by molar-refractivity contribution is 0.102. The lowest BCUT2D eigenvalue weighted by atomic mass is 10.1. The van der Waals surface area contributed by atoms with E-state index in [4.69, 9.17) is 11.6 Å². The zero-order valence-electron chi connectivity index (χ0n) is 14.6. The van der Waals surface area contributed by atoms with Crippen molar-refractivity contribution in [2.45, 2.75) is 18.7 Å². The molecule has 0 aliphatic heterocycles. The molecule has 0 spiro atoms. The Morgan fingerprint density at radius 2 is 1.85 bits per heavy atom. The van der Waals surface area contributed by atoms with E-state index in [1.54, 1.807) is 29.0 Å². The largest absolute Gasteiger partial charge is 0.322 e. The predicted molar refractivity (Wildman–Crippen MR) is 110 cm³/mol. The maximum Gasteiger partial charge on any atom is 0.263 e. The predicted octanol–water partition coefficient (Wildman–Crippen LogP) is 5.07. The maximum absolute atomic E-state index is 12.8. The lowest BCUT2D eigenvalue weighted by Crippen LogP contribution is -2.16. The van der Waals surface area contributed by atoms with Crippen LogP contribution in [0.15, 0.2) is 58.1 Å². The SMILES string of the molecule is Cc1ccc(NS(=O)(=O)c2cc(NC(=O)c3ccsc3)ccc2Cl)c(C)c1. The van der Waals surface area contributed by atoms with Gasteiger partial charge in [-0.2, -0.15) is 11.3 Å². The Bertz CT molecular complexity index is 1090. The Kier molecular flexibility index (Phi) is 5.55. The molecule has 0 aliphatic rings. The van der Waals surface area contributed by atoms with Crippen molar-refractivity contribution in [3.63, 3.8) is 0 Å². The van der Waals surface area contributed by atoms with Crippen LogP contribution >= 0.6 is 22.9 Å². The summed E-state index contributed by atoms with van der Waals surface area (Å²) in [6.07, 6.45) is 0. The van der Waals surface area contributed by atoms with E-state index in [0.29, 0.717) is 16.9 Å². The fourth-order valence-corrected chi connectivity index (χ4v) is 4.81. The van der Waals surface area contributed by atoms with Crippen LogP contribution in [-0.2, 0) is 10.0 Å². The zero-order chi connectivity index (χ0) is 19.6. The Labute approximate surface area is 167 Å². The molecule has 3 rings (SSSR count). The Morgan fingerprint density at radius 3 is 2.52 bits per heavy atom. The van der Waals surface area contributed by atoms with Crippen LogP contribution in [0.2, 0.25) is 5.02 Å². The second-order valence-corrected chi connectivity index (χ2v) is 8.87. The summed E-state index contributed by atoms with van der Waals surface area (Å²) in [5, 5.41) is 6.26. The van der Waals surface area contributed by atoms with Crippen LogP contribution < -0.4 is 10.0 Å². The van der Waals surface area contributed by atoms with Crippen molar-refractivity contribution in [1.82, 2.24) is 0 Å². The monoisotopic (exact) mass is 420 g/mol. The fourth-order valence-electron chi connectivity index (χ4n) is 2.51. The van der Waals surface area contributed by atoms with Crippen LogP contribution in [0.5, 0.6) is 0 Å². The zero-order valence-corrected chi connectivity index (χ0v) is 17.0. The molecule has 1 heterocycles. The van der Waals surface area contributed by atoms with Gasteiger partial charge in [-0.25, -0.2) is 8.42 Å². The average molecular weight is 421 g/mol. The molecule has 2 N–H and O–H groups in total. The van der Waals surface area contributed by atoms with Gasteiger partial charge in [0.15, 0.2) is 0 Å². The summed E-state index contributed by atoms with van der Waals surface area (Å²) in [7, 11) is -3.92. The van der Waals surface area contributed by atoms with Crippen molar-refractivity contribution in [2.75, 3.05) is 10.0 Å². The molecule has 0 unspecified atom stereocenters. The van der Waals surface area contributed by atoms with Gasteiger partial charge in [0.2, 0.25) is 0 Å². The molecule has 0 saturated carbocycles. The van der Waals surface area contributed by atoms with Crippen LogP contribution in [0, 0.1) is 13.8 Å². The minimum absolute atomic E-state index is 0.0702. The van der Waals surface area contributed by atoms with E-state index in [-0.39, 0.29) is 15.8 Å². The van der Waals surface area contributed by atoms with Gasteiger partial charge in [-0.15, -0.1) is 0 Å². The van der Waals surface area contributed by atoms with Gasteiger partial charge in [0.1, 0.15) is 4.90 Å². The van der Waals surface area contributed by atoms with Gasteiger partial charge in [0.25, 0.3) is 15.9 Å². The van der Waals surface area contributed by atoms with Gasteiger partial charge in [0.05, 0.1) is 16.3 Å². The highest BCUT2D eigenvalue weighted by atomic mass is 35.5. The Morgan fingerprint density at radius 1 is 1.07 bits per heavy atom. The number of benzene rings is 2. The van der Waals surface area contributed by atoms with Crippen molar-refractivity contribution in [1.29, 1.82) is 0 Å². The third kappa shape index (κ3) is 4.50. The Balaban J connectivity index is 1.89. The highest BCUT2D eigenvalue weighted by Gasteiger charge is 2.20. The molecule has 0 saturated heterocycles. The van der Waals surface area contributed by atoms with Crippen LogP contribution in [-0.4, -0.2) is 14.3 Å². The number of carbonyl (C=O) groups excluding carboxylic acids is 1. The second kappa shape index (κ2) is 7.72. The van der Waals surface area contributed by atoms with E-state index in [2.05, 4.69) is 10.0 Å². The minimum atomic E-state index is -3.92. The summed E-state index contributed by atoms with van der Waals surface area (Å²) >= 11 is 7.52. The third-order valence-electron chi connectivity index (χ3n) is 3.89. The van der Waals surface area contributed by atoms with Gasteiger partial charge >= 0.3 is 0 Å². The molecular formula is C19H17ClN2O3S2. The molecule has 2 aromatic carbocycles. The summed E-state index contributed by atoms with van der Waals surface area (Å²) in [6.45, 7) is 3.76. The Hall–Kier alpha value is -2.35. The smallest absolute Gasteiger partial charge is 0.263 e. The van der Waals surface area contributed by atoms with E-state index in [9.17, 15) is 13.2 Å². The normalized spacial score (nSPS) is 11.2. The summed E-state index contributed by atoms with van der Waals surface area (Å²) in [5.74, 6) is -0.316. The molecule has 1 aromatic heterocycles. The van der Waals surface area contributed by atoms with Gasteiger partial charge < -0.3 is 5.32 Å². The highest BCUT2D eigenvalue weighted by molar-refractivity contribution is 7.92. The van der Waals surface area contributed by atoms with E-state index >= 15 is 0 Å². The van der Waals surface area contributed by atoms with Crippen molar-refractivity contribution >= 4 is 50.2 Å². The number of carbonyl (C=O) groups is 1. The third-order valence-corrected chi connectivity index (χ3v) is 6.42. The first kappa shape index (κ1) is 19.4. The molecule has 0 radical (unpaired) electrons. The number of anilines is 2. The number of aryl methyl sites for hydroxylation is 2. The molecule has 8 heteroatoms. The van der Waals surface area contributed by atoms with Crippen LogP contribution in [0.4, 0.5) is 11.4 Å². The van der Waals surface area contributed by atoms with Gasteiger partial charge in [-0.05, 0) is 55.1 Å². The highest BCUT2D eigenvalue weighted by Crippen LogP contribution is 2.28. The van der Waals surface area contributed by atoms with Crippen molar-refractivity contribution in [2.24, 2.45) is 0 Å². The van der Waals surface area contributed by atoms with Crippen molar-refractivity contribution < 1.29 is 13.2 Å². The van der Waals surface area contributed by atoms with Crippen LogP contribution in [0.1, 0.15) is 21.5 Å². The molecule has 5 nitrogen and oxygen atoms in total.